The Morgan fingerprint density at radius 2 is 1.52 bits per heavy atom. The molecule has 6 aliphatic rings. The lowest BCUT2D eigenvalue weighted by Gasteiger charge is -2.55. The van der Waals surface area contributed by atoms with Crippen molar-refractivity contribution in [2.45, 2.75) is 204 Å². The zero-order valence-corrected chi connectivity index (χ0v) is 33.4. The number of hydrogen-bond acceptors (Lipinski definition) is 13. The Bertz CT molecular complexity index is 1220. The SMILES string of the molecule is CC[C@H]1O[C@]2(O)O[C@H]([C@@H](C)C3O[C@@](C)(C[C@@H]3C)[C@H](O[C@@H]3OC(C)CC(N4CCCC4)C3O)[C@@H](C)[C@H](O[C@H]3CC(C)(OC)[C@@H](O)C(C)O3)[C@H]2C)[C@]1(C)O. The van der Waals surface area contributed by atoms with Crippen LogP contribution >= 0.6 is 0 Å². The van der Waals surface area contributed by atoms with Crippen molar-refractivity contribution in [3.8, 4) is 0 Å². The van der Waals surface area contributed by atoms with E-state index < -0.39 is 89.9 Å². The molecule has 20 atom stereocenters. The van der Waals surface area contributed by atoms with E-state index in [1.54, 1.807) is 21.0 Å². The summed E-state index contributed by atoms with van der Waals surface area (Å²) in [6.45, 7) is 21.2. The van der Waals surface area contributed by atoms with Gasteiger partial charge in [0.2, 0.25) is 0 Å². The van der Waals surface area contributed by atoms with Gasteiger partial charge in [0, 0.05) is 31.4 Å². The summed E-state index contributed by atoms with van der Waals surface area (Å²) < 4.78 is 52.6. The second-order valence-electron chi connectivity index (χ2n) is 17.9. The molecule has 6 rings (SSSR count). The molecule has 0 radical (unpaired) electrons. The lowest BCUT2D eigenvalue weighted by molar-refractivity contribution is -0.481. The first kappa shape index (κ1) is 41.1. The molecule has 0 aliphatic carbocycles. The van der Waals surface area contributed by atoms with Gasteiger partial charge in [-0.2, -0.15) is 0 Å². The highest BCUT2D eigenvalue weighted by molar-refractivity contribution is 5.07. The number of likely N-dealkylation sites (tertiary alicyclic amines) is 1. The van der Waals surface area contributed by atoms with Crippen LogP contribution in [0.15, 0.2) is 0 Å². The van der Waals surface area contributed by atoms with Gasteiger partial charge in [0.25, 0.3) is 5.97 Å². The van der Waals surface area contributed by atoms with Gasteiger partial charge >= 0.3 is 0 Å². The van der Waals surface area contributed by atoms with E-state index in [9.17, 15) is 20.4 Å². The van der Waals surface area contributed by atoms with Gasteiger partial charge in [-0.1, -0.05) is 34.6 Å². The van der Waals surface area contributed by atoms with E-state index in [1.165, 1.54) is 0 Å². The normalized spacial score (nSPS) is 56.4. The van der Waals surface area contributed by atoms with Crippen molar-refractivity contribution in [1.82, 2.24) is 4.90 Å². The van der Waals surface area contributed by atoms with Crippen molar-refractivity contribution in [2.75, 3.05) is 20.2 Å². The van der Waals surface area contributed by atoms with E-state index in [0.717, 1.165) is 25.9 Å². The molecule has 4 bridgehead atoms. The second-order valence-corrected chi connectivity index (χ2v) is 17.9. The molecule has 4 N–H and O–H groups in total. The summed E-state index contributed by atoms with van der Waals surface area (Å²) in [5.74, 6) is -3.85. The van der Waals surface area contributed by atoms with Crippen LogP contribution in [0, 0.1) is 23.7 Å². The van der Waals surface area contributed by atoms with E-state index in [-0.39, 0.29) is 36.5 Å². The average molecular weight is 744 g/mol. The largest absolute Gasteiger partial charge is 0.387 e. The minimum absolute atomic E-state index is 0.0322. The molecule has 302 valence electrons. The predicted octanol–water partition coefficient (Wildman–Crippen LogP) is 3.31. The third kappa shape index (κ3) is 7.27. The van der Waals surface area contributed by atoms with E-state index in [1.807, 2.05) is 41.5 Å². The van der Waals surface area contributed by atoms with Crippen LogP contribution in [0.4, 0.5) is 0 Å². The number of fused-ring (bicyclic) bond motifs is 4. The van der Waals surface area contributed by atoms with Crippen molar-refractivity contribution in [3.63, 3.8) is 0 Å². The van der Waals surface area contributed by atoms with Crippen molar-refractivity contribution in [3.05, 3.63) is 0 Å². The average Bonchev–Trinajstić information content (AvgIpc) is 3.73. The molecule has 13 nitrogen and oxygen atoms in total. The summed E-state index contributed by atoms with van der Waals surface area (Å²) in [6, 6.07) is -0.102. The fourth-order valence-corrected chi connectivity index (χ4v) is 10.8. The maximum atomic E-state index is 12.5. The number of rotatable bonds is 7. The number of ether oxygens (including phenoxy) is 8. The molecule has 0 aromatic carbocycles. The fourth-order valence-electron chi connectivity index (χ4n) is 10.8. The highest BCUT2D eigenvalue weighted by Crippen LogP contribution is 2.52. The molecule has 0 aromatic heterocycles. The summed E-state index contributed by atoms with van der Waals surface area (Å²) in [5, 5.41) is 47.5. The standard InChI is InChI=1S/C39H69NO12/c1-12-27-38(10,43)34-22(4)30-20(2)18-37(9,51-30)33(49-35-29(41)26(17-21(3)46-35)40-15-13-14-16-40)23(5)31(24(6)39(44,50-27)52-34)48-28-19-36(8,45-11)32(42)25(7)47-28/h20-35,41-44H,12-19H2,1-11H3/t20-,21?,22-,23-,24+,25?,26?,27+,28-,29?,30?,31-,32-,33+,34+,35-,36?,37-,38+,39-/m0/s1. The zero-order chi connectivity index (χ0) is 38.1. The first-order valence-electron chi connectivity index (χ1n) is 20.0. The Kier molecular flexibility index (Phi) is 11.9. The van der Waals surface area contributed by atoms with Gasteiger partial charge in [0.15, 0.2) is 12.6 Å². The van der Waals surface area contributed by atoms with Crippen molar-refractivity contribution >= 4 is 0 Å². The second kappa shape index (κ2) is 15.1. The summed E-state index contributed by atoms with van der Waals surface area (Å²) in [5.41, 5.74) is -3.28. The molecule has 6 aliphatic heterocycles. The van der Waals surface area contributed by atoms with E-state index >= 15 is 0 Å². The lowest BCUT2D eigenvalue weighted by atomic mass is 9.74. The first-order chi connectivity index (χ1) is 24.3. The van der Waals surface area contributed by atoms with Crippen molar-refractivity contribution in [2.24, 2.45) is 23.7 Å². The van der Waals surface area contributed by atoms with Crippen LogP contribution in [0.3, 0.4) is 0 Å². The van der Waals surface area contributed by atoms with Crippen molar-refractivity contribution < 1.29 is 58.3 Å². The van der Waals surface area contributed by atoms with Gasteiger partial charge in [-0.05, 0) is 85.7 Å². The molecule has 0 saturated carbocycles. The van der Waals surface area contributed by atoms with Crippen LogP contribution in [0.1, 0.15) is 108 Å². The number of aliphatic hydroxyl groups is 4. The number of nitrogens with zero attached hydrogens (tertiary/aromatic N) is 1. The molecule has 6 unspecified atom stereocenters. The molecular weight excluding hydrogens is 674 g/mol. The van der Waals surface area contributed by atoms with Crippen LogP contribution < -0.4 is 0 Å². The molecule has 13 heteroatoms. The summed E-state index contributed by atoms with van der Waals surface area (Å²) in [7, 11) is 1.56. The molecule has 0 amide bonds. The Hall–Kier alpha value is -0.520. The monoisotopic (exact) mass is 743 g/mol. The predicted molar refractivity (Wildman–Crippen MR) is 190 cm³/mol. The molecule has 0 spiro atoms. The van der Waals surface area contributed by atoms with Gasteiger partial charge in [0.05, 0.1) is 59.8 Å². The zero-order valence-electron chi connectivity index (χ0n) is 33.4. The fraction of sp³-hybridized carbons (Fsp3) is 1.00. The third-order valence-corrected chi connectivity index (χ3v) is 13.8. The smallest absolute Gasteiger partial charge is 0.286 e. The first-order valence-corrected chi connectivity index (χ1v) is 20.0. The molecule has 0 aromatic rings. The van der Waals surface area contributed by atoms with Crippen molar-refractivity contribution in [1.29, 1.82) is 0 Å². The summed E-state index contributed by atoms with van der Waals surface area (Å²) >= 11 is 0. The Morgan fingerprint density at radius 3 is 2.15 bits per heavy atom. The van der Waals surface area contributed by atoms with Crippen LogP contribution in [-0.4, -0.2) is 142 Å². The van der Waals surface area contributed by atoms with E-state index in [0.29, 0.717) is 19.3 Å². The summed E-state index contributed by atoms with van der Waals surface area (Å²) in [6.07, 6.45) is -3.61. The molecule has 6 fully saturated rings. The maximum absolute atomic E-state index is 12.5. The van der Waals surface area contributed by atoms with Crippen LogP contribution in [0.25, 0.3) is 0 Å². The third-order valence-electron chi connectivity index (χ3n) is 13.8. The lowest BCUT2D eigenvalue weighted by Crippen LogP contribution is -2.69. The minimum atomic E-state index is -2.17. The van der Waals surface area contributed by atoms with Crippen LogP contribution in [-0.2, 0) is 37.9 Å². The molecule has 6 heterocycles. The van der Waals surface area contributed by atoms with Gasteiger partial charge in [0.1, 0.15) is 17.8 Å². The van der Waals surface area contributed by atoms with Gasteiger partial charge < -0.3 is 58.3 Å². The highest BCUT2D eigenvalue weighted by Gasteiger charge is 2.64. The Balaban J connectivity index is 1.43. The van der Waals surface area contributed by atoms with Crippen LogP contribution in [0.5, 0.6) is 0 Å². The molecule has 6 saturated heterocycles. The Morgan fingerprint density at radius 1 is 0.846 bits per heavy atom. The highest BCUT2D eigenvalue weighted by atomic mass is 16.8. The van der Waals surface area contributed by atoms with Gasteiger partial charge in [-0.15, -0.1) is 0 Å². The van der Waals surface area contributed by atoms with Gasteiger partial charge in [-0.3, -0.25) is 4.90 Å². The molecule has 52 heavy (non-hydrogen) atoms. The quantitative estimate of drug-likeness (QED) is 0.302. The number of methoxy groups -OCH3 is 1. The summed E-state index contributed by atoms with van der Waals surface area (Å²) in [4.78, 5) is 2.35. The molecular formula is C39H69NO12. The van der Waals surface area contributed by atoms with E-state index in [4.69, 9.17) is 37.9 Å². The Labute approximate surface area is 310 Å². The topological polar surface area (TPSA) is 158 Å². The number of hydrogen-bond donors (Lipinski definition) is 4. The minimum Gasteiger partial charge on any atom is -0.387 e. The van der Waals surface area contributed by atoms with Gasteiger partial charge in [-0.25, -0.2) is 0 Å². The number of aliphatic hydroxyl groups excluding tert-OH is 2. The van der Waals surface area contributed by atoms with Crippen LogP contribution in [0.2, 0.25) is 0 Å². The van der Waals surface area contributed by atoms with E-state index in [2.05, 4.69) is 18.7 Å². The maximum Gasteiger partial charge on any atom is 0.286 e.